The second-order valence-corrected chi connectivity index (χ2v) is 19.0. The van der Waals surface area contributed by atoms with Crippen LogP contribution >= 0.6 is 0 Å². The molecule has 0 bridgehead atoms. The summed E-state index contributed by atoms with van der Waals surface area (Å²) in [5.41, 5.74) is 6.57. The normalized spacial score (nSPS) is 19.6. The standard InChI is InChI=1S/C49H85N7O8/c1-12-35(6)44(54(9)43(34(4)5)48(60)52-47(59)42(33(2)3)53(8)27-19-14-13-18-26-50)40(62-10)32-41(57)55-28-22-25-39(55)45(63-11)36(7)46(58)51-38(31-37-23-16-15-17-24-37)49(61)56-29-20-21-30-64-56/h15-17,23-24,33-36,38-40,42-45H,12-14,18-22,25-32,50H2,1-11H3,(H,51,58)(H,52,59,60)/t35-,36+,38-,39-,40+,42-,43-,44-,45+/m0/s1. The van der Waals surface area contributed by atoms with Crippen molar-refractivity contribution < 1.29 is 38.3 Å². The Balaban J connectivity index is 1.78. The van der Waals surface area contributed by atoms with Crippen molar-refractivity contribution in [3.05, 3.63) is 35.9 Å². The van der Waals surface area contributed by atoms with Crippen LogP contribution in [0.3, 0.4) is 0 Å². The smallest absolute Gasteiger partial charge is 0.269 e. The Hall–Kier alpha value is -3.47. The van der Waals surface area contributed by atoms with Gasteiger partial charge in [-0.3, -0.25) is 43.9 Å². The summed E-state index contributed by atoms with van der Waals surface area (Å²) in [6.07, 6.45) is 6.97. The lowest BCUT2D eigenvalue weighted by molar-refractivity contribution is -0.199. The second kappa shape index (κ2) is 27.9. The average molecular weight is 900 g/mol. The molecule has 364 valence electrons. The van der Waals surface area contributed by atoms with E-state index in [4.69, 9.17) is 20.0 Å². The van der Waals surface area contributed by atoms with E-state index in [1.165, 1.54) is 5.06 Å². The molecule has 5 amide bonds. The van der Waals surface area contributed by atoms with Crippen LogP contribution in [0, 0.1) is 23.7 Å². The number of likely N-dealkylation sites (tertiary alicyclic amines) is 1. The Morgan fingerprint density at radius 3 is 2.08 bits per heavy atom. The summed E-state index contributed by atoms with van der Waals surface area (Å²) in [4.78, 5) is 82.0. The van der Waals surface area contributed by atoms with Gasteiger partial charge in [0.1, 0.15) is 6.04 Å². The third-order valence-corrected chi connectivity index (χ3v) is 13.5. The van der Waals surface area contributed by atoms with Crippen LogP contribution in [-0.2, 0) is 44.7 Å². The molecule has 2 aliphatic rings. The van der Waals surface area contributed by atoms with Crippen LogP contribution in [0.4, 0.5) is 0 Å². The fourth-order valence-corrected chi connectivity index (χ4v) is 9.91. The van der Waals surface area contributed by atoms with Crippen LogP contribution in [-0.4, -0.2) is 153 Å². The van der Waals surface area contributed by atoms with Gasteiger partial charge in [-0.2, -0.15) is 0 Å². The van der Waals surface area contributed by atoms with Gasteiger partial charge in [0, 0.05) is 39.8 Å². The van der Waals surface area contributed by atoms with E-state index in [1.807, 2.05) is 86.8 Å². The van der Waals surface area contributed by atoms with Gasteiger partial charge >= 0.3 is 0 Å². The first-order valence-corrected chi connectivity index (χ1v) is 24.1. The fraction of sp³-hybridized carbons (Fsp3) is 0.776. The van der Waals surface area contributed by atoms with E-state index in [-0.39, 0.29) is 65.8 Å². The summed E-state index contributed by atoms with van der Waals surface area (Å²) in [6.45, 7) is 16.7. The van der Waals surface area contributed by atoms with Gasteiger partial charge in [-0.15, -0.1) is 0 Å². The number of likely N-dealkylation sites (N-methyl/N-ethyl adjacent to an activating group) is 2. The first-order chi connectivity index (χ1) is 30.5. The van der Waals surface area contributed by atoms with Crippen LogP contribution in [0.1, 0.15) is 118 Å². The van der Waals surface area contributed by atoms with Crippen LogP contribution in [0.15, 0.2) is 30.3 Å². The lowest BCUT2D eigenvalue weighted by Gasteiger charge is -2.43. The summed E-state index contributed by atoms with van der Waals surface area (Å²) in [5.74, 6) is -2.30. The number of imide groups is 1. The van der Waals surface area contributed by atoms with Gasteiger partial charge in [0.25, 0.3) is 5.91 Å². The third-order valence-electron chi connectivity index (χ3n) is 13.5. The fourth-order valence-electron chi connectivity index (χ4n) is 9.91. The first kappa shape index (κ1) is 54.9. The molecule has 15 heteroatoms. The van der Waals surface area contributed by atoms with E-state index in [2.05, 4.69) is 24.5 Å². The molecule has 0 aliphatic carbocycles. The van der Waals surface area contributed by atoms with E-state index < -0.39 is 36.3 Å². The van der Waals surface area contributed by atoms with Gasteiger partial charge in [-0.25, -0.2) is 5.06 Å². The van der Waals surface area contributed by atoms with E-state index in [1.54, 1.807) is 21.1 Å². The van der Waals surface area contributed by atoms with Gasteiger partial charge in [-0.1, -0.05) is 98.1 Å². The zero-order chi connectivity index (χ0) is 47.5. The highest BCUT2D eigenvalue weighted by Gasteiger charge is 2.44. The molecular weight excluding hydrogens is 815 g/mol. The molecule has 0 radical (unpaired) electrons. The number of carbonyl (C=O) groups is 5. The molecule has 3 rings (SSSR count). The number of amides is 5. The molecule has 2 aliphatic heterocycles. The van der Waals surface area contributed by atoms with Gasteiger partial charge in [0.05, 0.1) is 49.3 Å². The lowest BCUT2D eigenvalue weighted by atomic mass is 9.87. The van der Waals surface area contributed by atoms with Crippen LogP contribution in [0.5, 0.6) is 0 Å². The molecule has 15 nitrogen and oxygen atoms in total. The SMILES string of the molecule is CC[C@H](C)[C@@H]([C@@H](CC(=O)N1CCC[C@H]1[C@H](OC)[C@@H](C)C(=O)N[C@@H](Cc1ccccc1)C(=O)N1CCCCO1)OC)N(C)[C@H](C(=O)NC(=O)[C@H](C(C)C)N(C)CCCCCCN)C(C)C. The van der Waals surface area contributed by atoms with Gasteiger partial charge in [-0.05, 0) is 89.0 Å². The second-order valence-electron chi connectivity index (χ2n) is 19.0. The molecule has 0 spiro atoms. The first-order valence-electron chi connectivity index (χ1n) is 24.1. The summed E-state index contributed by atoms with van der Waals surface area (Å²) in [6, 6.07) is 6.84. The number of hydrogen-bond donors (Lipinski definition) is 3. The van der Waals surface area contributed by atoms with Crippen molar-refractivity contribution in [2.24, 2.45) is 29.4 Å². The molecule has 1 aromatic carbocycles. The van der Waals surface area contributed by atoms with Crippen molar-refractivity contribution in [3.8, 4) is 0 Å². The van der Waals surface area contributed by atoms with Crippen molar-refractivity contribution in [1.82, 2.24) is 30.4 Å². The lowest BCUT2D eigenvalue weighted by Crippen LogP contribution is -2.60. The molecule has 0 saturated carbocycles. The summed E-state index contributed by atoms with van der Waals surface area (Å²) in [7, 11) is 6.99. The third kappa shape index (κ3) is 15.6. The van der Waals surface area contributed by atoms with Crippen molar-refractivity contribution in [3.63, 3.8) is 0 Å². The highest BCUT2D eigenvalue weighted by atomic mass is 16.7. The minimum atomic E-state index is -0.847. The zero-order valence-corrected chi connectivity index (χ0v) is 41.2. The van der Waals surface area contributed by atoms with E-state index in [0.29, 0.717) is 39.1 Å². The van der Waals surface area contributed by atoms with E-state index in [9.17, 15) is 24.0 Å². The summed E-state index contributed by atoms with van der Waals surface area (Å²) >= 11 is 0. The van der Waals surface area contributed by atoms with Crippen LogP contribution < -0.4 is 16.4 Å². The Bertz CT molecular complexity index is 1580. The van der Waals surface area contributed by atoms with Crippen molar-refractivity contribution in [1.29, 1.82) is 0 Å². The van der Waals surface area contributed by atoms with E-state index in [0.717, 1.165) is 63.5 Å². The monoisotopic (exact) mass is 900 g/mol. The number of nitrogens with zero attached hydrogens (tertiary/aromatic N) is 4. The Kier molecular flexibility index (Phi) is 23.9. The number of benzene rings is 1. The number of carbonyl (C=O) groups excluding carboxylic acids is 5. The average Bonchev–Trinajstić information content (AvgIpc) is 3.75. The largest absolute Gasteiger partial charge is 0.379 e. The van der Waals surface area contributed by atoms with Crippen LogP contribution in [0.2, 0.25) is 0 Å². The number of nitrogens with two attached hydrogens (primary N) is 1. The predicted octanol–water partition coefficient (Wildman–Crippen LogP) is 4.80. The summed E-state index contributed by atoms with van der Waals surface area (Å²) in [5, 5.41) is 7.19. The van der Waals surface area contributed by atoms with Gasteiger partial charge in [0.15, 0.2) is 0 Å². The zero-order valence-electron chi connectivity index (χ0n) is 41.2. The van der Waals surface area contributed by atoms with Gasteiger partial charge < -0.3 is 25.4 Å². The predicted molar refractivity (Wildman–Crippen MR) is 251 cm³/mol. The molecule has 1 aromatic rings. The molecule has 0 aromatic heterocycles. The highest BCUT2D eigenvalue weighted by Crippen LogP contribution is 2.31. The topological polar surface area (TPSA) is 176 Å². The number of ether oxygens (including phenoxy) is 2. The maximum Gasteiger partial charge on any atom is 0.269 e. The minimum Gasteiger partial charge on any atom is -0.379 e. The molecule has 64 heavy (non-hydrogen) atoms. The quantitative estimate of drug-likeness (QED) is 0.104. The maximum absolute atomic E-state index is 14.5. The molecule has 2 heterocycles. The molecule has 4 N–H and O–H groups in total. The number of unbranched alkanes of at least 4 members (excludes halogenated alkanes) is 3. The van der Waals surface area contributed by atoms with Crippen molar-refractivity contribution in [2.45, 2.75) is 162 Å². The van der Waals surface area contributed by atoms with Crippen LogP contribution in [0.25, 0.3) is 0 Å². The molecule has 9 atom stereocenters. The van der Waals surface area contributed by atoms with Gasteiger partial charge in [0.2, 0.25) is 23.6 Å². The van der Waals surface area contributed by atoms with E-state index >= 15 is 0 Å². The Morgan fingerprint density at radius 1 is 0.844 bits per heavy atom. The molecular formula is C49H85N7O8. The number of hydroxylamine groups is 2. The number of rotatable bonds is 27. The number of methoxy groups -OCH3 is 2. The summed E-state index contributed by atoms with van der Waals surface area (Å²) < 4.78 is 12.2. The Morgan fingerprint density at radius 2 is 1.50 bits per heavy atom. The number of nitrogens with one attached hydrogen (secondary N) is 2. The highest BCUT2D eigenvalue weighted by molar-refractivity contribution is 6.00. The Labute approximate surface area is 385 Å². The van der Waals surface area contributed by atoms with Crippen molar-refractivity contribution >= 4 is 29.5 Å². The molecule has 2 fully saturated rings. The minimum absolute atomic E-state index is 0.0152. The molecule has 0 unspecified atom stereocenters. The molecule has 2 saturated heterocycles. The maximum atomic E-state index is 14.5. The number of hydrogen-bond acceptors (Lipinski definition) is 11. The van der Waals surface area contributed by atoms with Crippen molar-refractivity contribution in [2.75, 3.05) is 61.1 Å².